The molecule has 2 aromatic rings. The quantitative estimate of drug-likeness (QED) is 0.331. The Bertz CT molecular complexity index is 711. The van der Waals surface area contributed by atoms with E-state index >= 15 is 0 Å². The maximum Gasteiger partial charge on any atom is 0.489 e. The lowest BCUT2D eigenvalue weighted by atomic mass is 9.77. The van der Waals surface area contributed by atoms with Crippen molar-refractivity contribution in [1.29, 1.82) is 0 Å². The number of amidine groups is 1. The number of hydrogen-bond acceptors (Lipinski definition) is 5. The molecule has 23 heavy (non-hydrogen) atoms. The van der Waals surface area contributed by atoms with E-state index in [0.717, 1.165) is 11.8 Å². The highest BCUT2D eigenvalue weighted by Gasteiger charge is 2.17. The predicted octanol–water partition coefficient (Wildman–Crippen LogP) is 1.09. The molecule has 0 bridgehead atoms. The van der Waals surface area contributed by atoms with E-state index in [-0.39, 0.29) is 16.2 Å². The molecule has 0 amide bonds. The molecule has 2 rings (SSSR count). The van der Waals surface area contributed by atoms with Crippen molar-refractivity contribution in [2.24, 2.45) is 15.9 Å². The number of rotatable bonds is 5. The van der Waals surface area contributed by atoms with E-state index in [1.54, 1.807) is 0 Å². The van der Waals surface area contributed by atoms with Crippen molar-refractivity contribution in [2.75, 3.05) is 0 Å². The van der Waals surface area contributed by atoms with Crippen LogP contribution in [0.5, 0.6) is 0 Å². The minimum absolute atomic E-state index is 0.0134. The Kier molecular flexibility index (Phi) is 6.34. The third kappa shape index (κ3) is 5.20. The van der Waals surface area contributed by atoms with Crippen molar-refractivity contribution in [3.8, 4) is 0 Å². The van der Waals surface area contributed by atoms with Crippen LogP contribution in [-0.4, -0.2) is 28.5 Å². The summed E-state index contributed by atoms with van der Waals surface area (Å²) in [6.45, 7) is 0. The van der Waals surface area contributed by atoms with Crippen LogP contribution in [0.3, 0.4) is 0 Å². The Morgan fingerprint density at radius 2 is 1.91 bits per heavy atom. The first kappa shape index (κ1) is 17.2. The van der Waals surface area contributed by atoms with Gasteiger partial charge in [-0.05, 0) is 17.1 Å². The van der Waals surface area contributed by atoms with E-state index < -0.39 is 12.9 Å². The zero-order valence-corrected chi connectivity index (χ0v) is 12.9. The SMILES string of the molecule is NC(=NN=Cc1c(F)cccc1B(O)O)SCc1ccccc1. The smallest absolute Gasteiger partial charge is 0.423 e. The highest BCUT2D eigenvalue weighted by atomic mass is 32.2. The molecule has 0 radical (unpaired) electrons. The van der Waals surface area contributed by atoms with Crippen molar-refractivity contribution in [3.63, 3.8) is 0 Å². The predicted molar refractivity (Wildman–Crippen MR) is 93.2 cm³/mol. The molecule has 0 aromatic heterocycles. The zero-order valence-electron chi connectivity index (χ0n) is 12.1. The van der Waals surface area contributed by atoms with E-state index in [0.29, 0.717) is 5.75 Å². The molecular formula is C15H15BFN3O2S. The molecule has 0 aliphatic carbocycles. The molecule has 0 atom stereocenters. The molecule has 0 spiro atoms. The topological polar surface area (TPSA) is 91.2 Å². The van der Waals surface area contributed by atoms with Crippen molar-refractivity contribution in [2.45, 2.75) is 5.75 Å². The van der Waals surface area contributed by atoms with Crippen LogP contribution in [0.25, 0.3) is 0 Å². The standard InChI is InChI=1S/C15H15BFN3O2S/c17-14-8-4-7-13(16(21)22)12(14)9-19-20-15(18)23-10-11-5-2-1-3-6-11/h1-9,21-22H,10H2,(H2,18,20). The van der Waals surface area contributed by atoms with Crippen LogP contribution in [-0.2, 0) is 5.75 Å². The Hall–Kier alpha value is -2.16. The second-order valence-electron chi connectivity index (χ2n) is 4.57. The van der Waals surface area contributed by atoms with Gasteiger partial charge in [0.15, 0.2) is 5.17 Å². The fraction of sp³-hybridized carbons (Fsp3) is 0.0667. The Morgan fingerprint density at radius 3 is 2.61 bits per heavy atom. The molecule has 0 aliphatic heterocycles. The molecule has 8 heteroatoms. The summed E-state index contributed by atoms with van der Waals surface area (Å²) in [5, 5.41) is 26.1. The minimum atomic E-state index is -1.79. The molecule has 118 valence electrons. The van der Waals surface area contributed by atoms with Gasteiger partial charge in [-0.3, -0.25) is 0 Å². The lowest BCUT2D eigenvalue weighted by molar-refractivity contribution is 0.425. The fourth-order valence-corrected chi connectivity index (χ4v) is 2.43. The summed E-state index contributed by atoms with van der Waals surface area (Å²) in [6, 6.07) is 13.7. The molecule has 4 N–H and O–H groups in total. The van der Waals surface area contributed by atoms with Crippen LogP contribution in [0, 0.1) is 5.82 Å². The van der Waals surface area contributed by atoms with E-state index in [4.69, 9.17) is 5.73 Å². The Morgan fingerprint density at radius 1 is 1.17 bits per heavy atom. The average molecular weight is 331 g/mol. The molecular weight excluding hydrogens is 316 g/mol. The Balaban J connectivity index is 2.03. The van der Waals surface area contributed by atoms with Crippen molar-refractivity contribution in [1.82, 2.24) is 0 Å². The molecule has 0 fully saturated rings. The van der Waals surface area contributed by atoms with Gasteiger partial charge in [0.1, 0.15) is 5.82 Å². The van der Waals surface area contributed by atoms with Gasteiger partial charge in [0.25, 0.3) is 0 Å². The second-order valence-corrected chi connectivity index (χ2v) is 5.57. The molecule has 2 aromatic carbocycles. The molecule has 0 saturated heterocycles. The summed E-state index contributed by atoms with van der Waals surface area (Å²) in [7, 11) is -1.79. The summed E-state index contributed by atoms with van der Waals surface area (Å²) in [5.41, 5.74) is 6.80. The highest BCUT2D eigenvalue weighted by Crippen LogP contribution is 2.11. The van der Waals surface area contributed by atoms with E-state index in [2.05, 4.69) is 10.2 Å². The summed E-state index contributed by atoms with van der Waals surface area (Å²) < 4.78 is 13.7. The van der Waals surface area contributed by atoms with E-state index in [1.807, 2.05) is 30.3 Å². The first-order chi connectivity index (χ1) is 11.1. The minimum Gasteiger partial charge on any atom is -0.423 e. The lowest BCUT2D eigenvalue weighted by Gasteiger charge is -2.04. The maximum atomic E-state index is 13.7. The van der Waals surface area contributed by atoms with Crippen molar-refractivity contribution < 1.29 is 14.4 Å². The maximum absolute atomic E-state index is 13.7. The van der Waals surface area contributed by atoms with Gasteiger partial charge in [0.05, 0.1) is 6.21 Å². The van der Waals surface area contributed by atoms with Gasteiger partial charge in [-0.15, -0.1) is 5.10 Å². The van der Waals surface area contributed by atoms with Gasteiger partial charge in [0, 0.05) is 11.3 Å². The molecule has 0 aliphatic rings. The van der Waals surface area contributed by atoms with Crippen LogP contribution >= 0.6 is 11.8 Å². The number of halogens is 1. The van der Waals surface area contributed by atoms with Crippen LogP contribution < -0.4 is 11.2 Å². The summed E-state index contributed by atoms with van der Waals surface area (Å²) in [4.78, 5) is 0. The summed E-state index contributed by atoms with van der Waals surface area (Å²) in [5.74, 6) is 0.0245. The molecule has 0 saturated carbocycles. The first-order valence-electron chi connectivity index (χ1n) is 6.75. The normalized spacial score (nSPS) is 11.9. The van der Waals surface area contributed by atoms with Gasteiger partial charge < -0.3 is 15.8 Å². The number of nitrogens with two attached hydrogens (primary N) is 1. The second kappa shape index (κ2) is 8.47. The third-order valence-corrected chi connectivity index (χ3v) is 3.79. The number of benzene rings is 2. The van der Waals surface area contributed by atoms with Crippen molar-refractivity contribution in [3.05, 3.63) is 65.5 Å². The summed E-state index contributed by atoms with van der Waals surface area (Å²) >= 11 is 1.30. The van der Waals surface area contributed by atoms with Crippen LogP contribution in [0.4, 0.5) is 4.39 Å². The molecule has 0 heterocycles. The lowest BCUT2D eigenvalue weighted by Crippen LogP contribution is -2.33. The monoisotopic (exact) mass is 331 g/mol. The van der Waals surface area contributed by atoms with Crippen molar-refractivity contribution >= 4 is 35.7 Å². The zero-order chi connectivity index (χ0) is 16.7. The largest absolute Gasteiger partial charge is 0.489 e. The average Bonchev–Trinajstić information content (AvgIpc) is 2.55. The van der Waals surface area contributed by atoms with Crippen LogP contribution in [0.2, 0.25) is 0 Å². The molecule has 5 nitrogen and oxygen atoms in total. The van der Waals surface area contributed by atoms with Gasteiger partial charge in [-0.25, -0.2) is 4.39 Å². The Labute approximate surface area is 137 Å². The summed E-state index contributed by atoms with van der Waals surface area (Å²) in [6.07, 6.45) is 1.11. The van der Waals surface area contributed by atoms with E-state index in [9.17, 15) is 14.4 Å². The number of hydrogen-bond donors (Lipinski definition) is 3. The van der Waals surface area contributed by atoms with Gasteiger partial charge in [0.2, 0.25) is 0 Å². The highest BCUT2D eigenvalue weighted by molar-refractivity contribution is 8.13. The first-order valence-corrected chi connectivity index (χ1v) is 7.74. The number of nitrogens with zero attached hydrogens (tertiary/aromatic N) is 2. The molecule has 0 unspecified atom stereocenters. The van der Waals surface area contributed by atoms with Crippen LogP contribution in [0.1, 0.15) is 11.1 Å². The van der Waals surface area contributed by atoms with Gasteiger partial charge in [-0.2, -0.15) is 5.10 Å². The van der Waals surface area contributed by atoms with Crippen LogP contribution in [0.15, 0.2) is 58.7 Å². The number of thioether (sulfide) groups is 1. The fourth-order valence-electron chi connectivity index (χ4n) is 1.82. The van der Waals surface area contributed by atoms with Gasteiger partial charge >= 0.3 is 7.12 Å². The van der Waals surface area contributed by atoms with E-state index in [1.165, 1.54) is 30.0 Å². The van der Waals surface area contributed by atoms with Gasteiger partial charge in [-0.1, -0.05) is 54.2 Å². The third-order valence-electron chi connectivity index (χ3n) is 2.94.